The summed E-state index contributed by atoms with van der Waals surface area (Å²) in [6.45, 7) is 5.20. The van der Waals surface area contributed by atoms with Gasteiger partial charge in [0.2, 0.25) is 0 Å². The molecule has 8 rings (SSSR count). The second-order valence-electron chi connectivity index (χ2n) is 14.7. The monoisotopic (exact) mass is 746 g/mol. The molecule has 0 heterocycles. The summed E-state index contributed by atoms with van der Waals surface area (Å²) in [5, 5.41) is 0. The average molecular weight is 747 g/mol. The fraction of sp³-hybridized carbons (Fsp3) is 0.0943. The van der Waals surface area contributed by atoms with Gasteiger partial charge < -0.3 is 19.3 Å². The third kappa shape index (κ3) is 9.09. The molecule has 0 saturated heterocycles. The smallest absolute Gasteiger partial charge is 0.119 e. The minimum Gasteiger partial charge on any atom is -0.493 e. The SMILES string of the molecule is [3H]c1cccc(N(c2ccc(OCC(C)(C)COc3ccc(N(c4ccc(-c5ccccc5)cc4)c4cccc([3H])c4)cc3)cc2)c2ccc(-c3ccccc3)cc2)c1. The van der Waals surface area contributed by atoms with Crippen LogP contribution in [-0.2, 0) is 0 Å². The van der Waals surface area contributed by atoms with Crippen molar-refractivity contribution in [3.8, 4) is 33.8 Å². The van der Waals surface area contributed by atoms with Crippen molar-refractivity contribution in [3.05, 3.63) is 218 Å². The van der Waals surface area contributed by atoms with Gasteiger partial charge in [-0.1, -0.05) is 135 Å². The van der Waals surface area contributed by atoms with E-state index in [1.165, 1.54) is 11.1 Å². The molecular weight excluding hydrogens is 697 g/mol. The molecule has 0 atom stereocenters. The van der Waals surface area contributed by atoms with Crippen molar-refractivity contribution in [2.75, 3.05) is 23.0 Å². The topological polar surface area (TPSA) is 24.9 Å². The minimum atomic E-state index is -0.278. The number of anilines is 6. The Kier molecular flexibility index (Phi) is 10.4. The Morgan fingerprint density at radius 2 is 0.649 bits per heavy atom. The maximum atomic E-state index is 8.30. The Bertz CT molecular complexity index is 2400. The van der Waals surface area contributed by atoms with Crippen LogP contribution in [0.4, 0.5) is 34.1 Å². The number of rotatable bonds is 14. The summed E-state index contributed by atoms with van der Waals surface area (Å²) in [6, 6.07) is 70.1. The maximum Gasteiger partial charge on any atom is 0.119 e. The van der Waals surface area contributed by atoms with Crippen molar-refractivity contribution in [2.24, 2.45) is 5.41 Å². The van der Waals surface area contributed by atoms with Crippen LogP contribution < -0.4 is 19.3 Å². The molecule has 0 radical (unpaired) electrons. The van der Waals surface area contributed by atoms with Gasteiger partial charge in [-0.3, -0.25) is 0 Å². The summed E-state index contributed by atoms with van der Waals surface area (Å²) >= 11 is 0. The van der Waals surface area contributed by atoms with Gasteiger partial charge in [-0.25, -0.2) is 0 Å². The highest BCUT2D eigenvalue weighted by molar-refractivity contribution is 5.80. The third-order valence-corrected chi connectivity index (χ3v) is 9.81. The molecule has 4 nitrogen and oxygen atoms in total. The van der Waals surface area contributed by atoms with Gasteiger partial charge in [0, 0.05) is 39.5 Å². The van der Waals surface area contributed by atoms with Gasteiger partial charge in [-0.2, -0.15) is 0 Å². The van der Waals surface area contributed by atoms with Crippen LogP contribution >= 0.6 is 0 Å². The minimum absolute atomic E-state index is 0.278. The molecule has 0 N–H and O–H groups in total. The van der Waals surface area contributed by atoms with Crippen molar-refractivity contribution >= 4 is 34.1 Å². The van der Waals surface area contributed by atoms with Crippen molar-refractivity contribution < 1.29 is 12.2 Å². The Balaban J connectivity index is 0.924. The highest BCUT2D eigenvalue weighted by atomic mass is 16.5. The number of para-hydroxylation sites is 2. The molecule has 0 bridgehead atoms. The van der Waals surface area contributed by atoms with Gasteiger partial charge in [-0.05, 0) is 119 Å². The lowest BCUT2D eigenvalue weighted by molar-refractivity contribution is 0.110. The molecule has 0 unspecified atom stereocenters. The molecule has 4 heteroatoms. The second kappa shape index (κ2) is 17.2. The first kappa shape index (κ1) is 34.5. The number of hydrogen-bond donors (Lipinski definition) is 0. The van der Waals surface area contributed by atoms with Crippen molar-refractivity contribution in [3.63, 3.8) is 0 Å². The van der Waals surface area contributed by atoms with Gasteiger partial charge in [0.25, 0.3) is 0 Å². The Morgan fingerprint density at radius 1 is 0.351 bits per heavy atom. The fourth-order valence-corrected chi connectivity index (χ4v) is 6.79. The molecule has 0 fully saturated rings. The van der Waals surface area contributed by atoms with Crippen LogP contribution in [0.25, 0.3) is 22.3 Å². The van der Waals surface area contributed by atoms with Gasteiger partial charge >= 0.3 is 0 Å². The average Bonchev–Trinajstić information content (AvgIpc) is 3.27. The zero-order valence-electron chi connectivity index (χ0n) is 34.3. The molecule has 0 aliphatic heterocycles. The predicted octanol–water partition coefficient (Wildman–Crippen LogP) is 14.4. The lowest BCUT2D eigenvalue weighted by Gasteiger charge is -2.27. The summed E-state index contributed by atoms with van der Waals surface area (Å²) in [4.78, 5) is 4.32. The van der Waals surface area contributed by atoms with Crippen molar-refractivity contribution in [1.29, 1.82) is 0 Å². The van der Waals surface area contributed by atoms with E-state index in [9.17, 15) is 0 Å². The lowest BCUT2D eigenvalue weighted by atomic mass is 9.96. The second-order valence-corrected chi connectivity index (χ2v) is 14.7. The van der Waals surface area contributed by atoms with Gasteiger partial charge in [0.05, 0.1) is 16.0 Å². The normalized spacial score (nSPS) is 11.6. The molecule has 0 saturated carbocycles. The molecule has 8 aromatic carbocycles. The molecule has 0 amide bonds. The molecule has 0 aromatic heterocycles. The summed E-state index contributed by atoms with van der Waals surface area (Å²) in [6.07, 6.45) is 0. The standard InChI is InChI=1S/C53H46N2O2/c1-53(2,39-56-51-35-31-49(32-36-51)54(45-19-11-5-12-20-45)47-27-23-43(24-28-47)41-15-7-3-8-16-41)40-57-52-37-33-50(34-38-52)55(46-21-13-6-14-22-46)48-29-25-44(26-30-48)42-17-9-4-10-18-42/h3-38H,39-40H2,1-2H3/i11T,13T. The van der Waals surface area contributed by atoms with E-state index in [1.54, 1.807) is 12.1 Å². The number of ether oxygens (including phenoxy) is 2. The quantitative estimate of drug-likeness (QED) is 0.111. The number of nitrogens with zero attached hydrogens (tertiary/aromatic N) is 2. The zero-order chi connectivity index (χ0) is 40.6. The Labute approximate surface area is 339 Å². The Morgan fingerprint density at radius 3 is 1.00 bits per heavy atom. The van der Waals surface area contributed by atoms with Gasteiger partial charge in [-0.15, -0.1) is 0 Å². The first-order valence-electron chi connectivity index (χ1n) is 20.3. The summed E-state index contributed by atoms with van der Waals surface area (Å²) in [7, 11) is 0. The van der Waals surface area contributed by atoms with E-state index in [2.05, 4.69) is 145 Å². The van der Waals surface area contributed by atoms with Crippen LogP contribution in [0.2, 0.25) is 0 Å². The van der Waals surface area contributed by atoms with E-state index in [1.807, 2.05) is 72.8 Å². The zero-order valence-corrected chi connectivity index (χ0v) is 32.3. The van der Waals surface area contributed by atoms with E-state index in [0.29, 0.717) is 25.3 Å². The van der Waals surface area contributed by atoms with E-state index in [4.69, 9.17) is 12.2 Å². The van der Waals surface area contributed by atoms with Crippen LogP contribution in [0.15, 0.2) is 218 Å². The van der Waals surface area contributed by atoms with Crippen LogP contribution in [0.3, 0.4) is 0 Å². The van der Waals surface area contributed by atoms with Crippen LogP contribution in [-0.4, -0.2) is 13.2 Å². The number of benzene rings is 8. The summed E-state index contributed by atoms with van der Waals surface area (Å²) in [5.41, 5.74) is 10.1. The van der Waals surface area contributed by atoms with Crippen molar-refractivity contribution in [2.45, 2.75) is 13.8 Å². The third-order valence-electron chi connectivity index (χ3n) is 9.81. The largest absolute Gasteiger partial charge is 0.493 e. The van der Waals surface area contributed by atoms with E-state index < -0.39 is 0 Å². The first-order valence-corrected chi connectivity index (χ1v) is 19.3. The Hall–Kier alpha value is -7.04. The van der Waals surface area contributed by atoms with Gasteiger partial charge in [0.15, 0.2) is 0 Å². The summed E-state index contributed by atoms with van der Waals surface area (Å²) in [5.74, 6) is 1.54. The predicted molar refractivity (Wildman–Crippen MR) is 238 cm³/mol. The molecular formula is C53H46N2O2. The highest BCUT2D eigenvalue weighted by Gasteiger charge is 2.21. The van der Waals surface area contributed by atoms with Crippen molar-refractivity contribution in [1.82, 2.24) is 0 Å². The lowest BCUT2D eigenvalue weighted by Crippen LogP contribution is -2.28. The van der Waals surface area contributed by atoms with Crippen LogP contribution in [0.1, 0.15) is 16.6 Å². The summed E-state index contributed by atoms with van der Waals surface area (Å²) < 4.78 is 29.3. The van der Waals surface area contributed by atoms with Gasteiger partial charge in [0.1, 0.15) is 11.5 Å². The highest BCUT2D eigenvalue weighted by Crippen LogP contribution is 2.38. The van der Waals surface area contributed by atoms with Crippen LogP contribution in [0, 0.1) is 5.41 Å². The van der Waals surface area contributed by atoms with Crippen LogP contribution in [0.5, 0.6) is 11.5 Å². The molecule has 57 heavy (non-hydrogen) atoms. The maximum absolute atomic E-state index is 8.30. The molecule has 0 aliphatic carbocycles. The first-order chi connectivity index (χ1) is 28.8. The fourth-order valence-electron chi connectivity index (χ4n) is 6.79. The van der Waals surface area contributed by atoms with E-state index >= 15 is 0 Å². The molecule has 8 aromatic rings. The number of hydrogen-bond acceptors (Lipinski definition) is 4. The molecule has 0 aliphatic rings. The molecule has 0 spiro atoms. The molecule has 280 valence electrons. The van der Waals surface area contributed by atoms with E-state index in [0.717, 1.165) is 56.8 Å². The van der Waals surface area contributed by atoms with E-state index in [-0.39, 0.29) is 5.41 Å².